The second kappa shape index (κ2) is 5.41. The Hall–Kier alpha value is -2.22. The molecule has 0 saturated carbocycles. The zero-order valence-corrected chi connectivity index (χ0v) is 16.7. The van der Waals surface area contributed by atoms with Crippen molar-refractivity contribution in [2.24, 2.45) is 0 Å². The van der Waals surface area contributed by atoms with Gasteiger partial charge < -0.3 is 0 Å². The molecule has 0 atom stereocenters. The normalized spacial score (nSPS) is 18.4. The maximum Gasteiger partial charge on any atom is 0.221 e. The van der Waals surface area contributed by atoms with Crippen molar-refractivity contribution in [1.82, 2.24) is 0 Å². The average molecular weight is 360 g/mol. The van der Waals surface area contributed by atoms with Crippen molar-refractivity contribution in [3.05, 3.63) is 65.1 Å². The maximum absolute atomic E-state index is 15.3. The molecule has 0 N–H and O–H groups in total. The standard InChI is InChI=1S/C25H27FN/c1-5-25(6-2)14-12-17-10-11-19(26)22-21(17)23-20-16(13-15-27(23)25)8-7-9-18(20)24(22,3)4/h7-11,13,15H,5-6,12,14H2,1-4H3/q+1. The lowest BCUT2D eigenvalue weighted by Crippen LogP contribution is -2.57. The van der Waals surface area contributed by atoms with E-state index in [1.54, 1.807) is 6.07 Å². The first-order valence-electron chi connectivity index (χ1n) is 10.2. The molecule has 0 bridgehead atoms. The van der Waals surface area contributed by atoms with E-state index < -0.39 is 0 Å². The van der Waals surface area contributed by atoms with Crippen LogP contribution >= 0.6 is 0 Å². The average Bonchev–Trinajstić information content (AvgIpc) is 2.81. The number of pyridine rings is 1. The molecule has 5 rings (SSSR count). The highest BCUT2D eigenvalue weighted by molar-refractivity contribution is 6.00. The molecule has 27 heavy (non-hydrogen) atoms. The Labute approximate surface area is 160 Å². The van der Waals surface area contributed by atoms with Gasteiger partial charge in [0.1, 0.15) is 5.82 Å². The molecule has 1 aliphatic carbocycles. The smallest absolute Gasteiger partial charge is 0.207 e. The third-order valence-electron chi connectivity index (χ3n) is 7.44. The monoisotopic (exact) mass is 360 g/mol. The van der Waals surface area contributed by atoms with Gasteiger partial charge >= 0.3 is 0 Å². The van der Waals surface area contributed by atoms with E-state index in [-0.39, 0.29) is 16.8 Å². The summed E-state index contributed by atoms with van der Waals surface area (Å²) in [4.78, 5) is 0. The quantitative estimate of drug-likeness (QED) is 0.491. The van der Waals surface area contributed by atoms with Crippen molar-refractivity contribution >= 4 is 10.8 Å². The molecule has 1 aromatic heterocycles. The van der Waals surface area contributed by atoms with Crippen LogP contribution in [0.5, 0.6) is 0 Å². The molecule has 0 fully saturated rings. The van der Waals surface area contributed by atoms with Crippen molar-refractivity contribution in [2.45, 2.75) is 64.3 Å². The minimum absolute atomic E-state index is 0.0719. The van der Waals surface area contributed by atoms with Gasteiger partial charge in [0.05, 0.1) is 10.9 Å². The Kier molecular flexibility index (Phi) is 3.39. The van der Waals surface area contributed by atoms with Gasteiger partial charge in [0.15, 0.2) is 11.7 Å². The molecule has 1 nitrogen and oxygen atoms in total. The molecule has 0 spiro atoms. The van der Waals surface area contributed by atoms with Gasteiger partial charge in [0, 0.05) is 36.3 Å². The van der Waals surface area contributed by atoms with Gasteiger partial charge in [-0.2, -0.15) is 4.57 Å². The summed E-state index contributed by atoms with van der Waals surface area (Å²) < 4.78 is 17.8. The van der Waals surface area contributed by atoms with Gasteiger partial charge in [-0.25, -0.2) is 4.39 Å². The highest BCUT2D eigenvalue weighted by Gasteiger charge is 2.47. The Bertz CT molecular complexity index is 1090. The number of aryl methyl sites for hydroxylation is 1. The molecule has 0 saturated heterocycles. The van der Waals surface area contributed by atoms with Gasteiger partial charge in [0.2, 0.25) is 5.69 Å². The van der Waals surface area contributed by atoms with E-state index in [1.165, 1.54) is 27.6 Å². The van der Waals surface area contributed by atoms with Gasteiger partial charge in [-0.3, -0.25) is 0 Å². The molecule has 2 heterocycles. The number of benzene rings is 2. The molecular formula is C25H27FN+. The molecule has 0 unspecified atom stereocenters. The fourth-order valence-corrected chi connectivity index (χ4v) is 5.76. The van der Waals surface area contributed by atoms with E-state index in [1.807, 2.05) is 6.07 Å². The van der Waals surface area contributed by atoms with E-state index >= 15 is 4.39 Å². The lowest BCUT2D eigenvalue weighted by atomic mass is 9.68. The first kappa shape index (κ1) is 16.9. The summed E-state index contributed by atoms with van der Waals surface area (Å²) >= 11 is 0. The first-order chi connectivity index (χ1) is 12.9. The molecule has 2 heteroatoms. The summed E-state index contributed by atoms with van der Waals surface area (Å²) in [6.07, 6.45) is 6.54. The number of hydrogen-bond acceptors (Lipinski definition) is 0. The zero-order chi connectivity index (χ0) is 19.0. The lowest BCUT2D eigenvalue weighted by Gasteiger charge is -2.35. The Morgan fingerprint density at radius 2 is 1.81 bits per heavy atom. The number of halogens is 1. The summed E-state index contributed by atoms with van der Waals surface area (Å²) in [5.41, 5.74) is 5.58. The fourth-order valence-electron chi connectivity index (χ4n) is 5.76. The SMILES string of the molecule is CCC1(CC)CCc2ccc(F)c3c2-c2c4c(cccc4cc[n+]21)C3(C)C. The lowest BCUT2D eigenvalue weighted by molar-refractivity contribution is -0.756. The van der Waals surface area contributed by atoms with Crippen molar-refractivity contribution in [1.29, 1.82) is 0 Å². The van der Waals surface area contributed by atoms with Gasteiger partial charge in [-0.15, -0.1) is 0 Å². The van der Waals surface area contributed by atoms with Crippen molar-refractivity contribution in [3.8, 4) is 11.3 Å². The molecule has 3 aromatic rings. The van der Waals surface area contributed by atoms with Gasteiger partial charge in [-0.1, -0.05) is 52.0 Å². The molecule has 1 aliphatic heterocycles. The van der Waals surface area contributed by atoms with E-state index in [2.05, 4.69) is 62.7 Å². The van der Waals surface area contributed by atoms with Crippen molar-refractivity contribution in [3.63, 3.8) is 0 Å². The van der Waals surface area contributed by atoms with E-state index in [4.69, 9.17) is 0 Å². The summed E-state index contributed by atoms with van der Waals surface area (Å²) in [7, 11) is 0. The van der Waals surface area contributed by atoms with Gasteiger partial charge in [0.25, 0.3) is 0 Å². The molecule has 0 radical (unpaired) electrons. The van der Waals surface area contributed by atoms with Crippen LogP contribution in [0.2, 0.25) is 0 Å². The van der Waals surface area contributed by atoms with E-state index in [0.717, 1.165) is 36.8 Å². The largest absolute Gasteiger partial charge is 0.221 e. The predicted molar refractivity (Wildman–Crippen MR) is 109 cm³/mol. The summed E-state index contributed by atoms with van der Waals surface area (Å²) in [6, 6.07) is 12.5. The summed E-state index contributed by atoms with van der Waals surface area (Å²) in [6.45, 7) is 8.95. The number of hydrogen-bond donors (Lipinski definition) is 0. The van der Waals surface area contributed by atoms with Crippen LogP contribution in [0.1, 0.15) is 63.6 Å². The van der Waals surface area contributed by atoms with Crippen LogP contribution in [-0.2, 0) is 17.4 Å². The van der Waals surface area contributed by atoms with E-state index in [0.29, 0.717) is 0 Å². The molecule has 2 aromatic carbocycles. The fraction of sp³-hybridized carbons (Fsp3) is 0.400. The Morgan fingerprint density at radius 1 is 1.04 bits per heavy atom. The van der Waals surface area contributed by atoms with Crippen molar-refractivity contribution in [2.75, 3.05) is 0 Å². The van der Waals surface area contributed by atoms with Crippen LogP contribution in [0.3, 0.4) is 0 Å². The van der Waals surface area contributed by atoms with Crippen molar-refractivity contribution < 1.29 is 8.96 Å². The highest BCUT2D eigenvalue weighted by atomic mass is 19.1. The number of rotatable bonds is 2. The predicted octanol–water partition coefficient (Wildman–Crippen LogP) is 6.03. The molecule has 2 aliphatic rings. The third kappa shape index (κ3) is 1.96. The molecule has 0 amide bonds. The zero-order valence-electron chi connectivity index (χ0n) is 16.7. The Morgan fingerprint density at radius 3 is 2.56 bits per heavy atom. The Balaban J connectivity index is 2.07. The summed E-state index contributed by atoms with van der Waals surface area (Å²) in [5.74, 6) is -0.0719. The van der Waals surface area contributed by atoms with Crippen LogP contribution in [0.4, 0.5) is 4.39 Å². The van der Waals surface area contributed by atoms with E-state index in [9.17, 15) is 0 Å². The second-order valence-electron chi connectivity index (χ2n) is 8.82. The minimum atomic E-state index is -0.341. The minimum Gasteiger partial charge on any atom is -0.207 e. The highest BCUT2D eigenvalue weighted by Crippen LogP contribution is 2.51. The summed E-state index contributed by atoms with van der Waals surface area (Å²) in [5, 5.41) is 2.58. The van der Waals surface area contributed by atoms with Crippen LogP contribution in [0.15, 0.2) is 42.6 Å². The number of aromatic nitrogens is 1. The van der Waals surface area contributed by atoms with Crippen LogP contribution < -0.4 is 4.57 Å². The van der Waals surface area contributed by atoms with Crippen LogP contribution in [0.25, 0.3) is 22.0 Å². The first-order valence-corrected chi connectivity index (χ1v) is 10.2. The maximum atomic E-state index is 15.3. The third-order valence-corrected chi connectivity index (χ3v) is 7.44. The number of nitrogens with zero attached hydrogens (tertiary/aromatic N) is 1. The van der Waals surface area contributed by atoms with Crippen LogP contribution in [0, 0.1) is 5.82 Å². The second-order valence-corrected chi connectivity index (χ2v) is 8.82. The van der Waals surface area contributed by atoms with Crippen LogP contribution in [-0.4, -0.2) is 0 Å². The van der Waals surface area contributed by atoms with Gasteiger partial charge in [-0.05, 0) is 29.0 Å². The topological polar surface area (TPSA) is 3.88 Å². The molecule has 138 valence electrons. The molecular weight excluding hydrogens is 333 g/mol.